The lowest BCUT2D eigenvalue weighted by Crippen LogP contribution is -2.24. The van der Waals surface area contributed by atoms with Gasteiger partial charge in [-0.1, -0.05) is 18.5 Å². The van der Waals surface area contributed by atoms with Gasteiger partial charge in [-0.15, -0.1) is 0 Å². The number of nitrogens with two attached hydrogens (primary N) is 1. The van der Waals surface area contributed by atoms with Crippen molar-refractivity contribution >= 4 is 5.84 Å². The van der Waals surface area contributed by atoms with Crippen molar-refractivity contribution in [2.24, 2.45) is 16.8 Å². The molecule has 98 valence electrons. The summed E-state index contributed by atoms with van der Waals surface area (Å²) in [4.78, 5) is 4.17. The predicted octanol–water partition coefficient (Wildman–Crippen LogP) is 2.13. The van der Waals surface area contributed by atoms with E-state index in [1.165, 1.54) is 12.8 Å². The first-order valence-corrected chi connectivity index (χ1v) is 6.29. The zero-order valence-corrected chi connectivity index (χ0v) is 10.5. The first-order chi connectivity index (χ1) is 8.69. The summed E-state index contributed by atoms with van der Waals surface area (Å²) in [6.07, 6.45) is 6.49. The number of rotatable bonds is 3. The van der Waals surface area contributed by atoms with Crippen LogP contribution in [0.3, 0.4) is 0 Å². The molecule has 0 amide bonds. The van der Waals surface area contributed by atoms with Gasteiger partial charge in [0.05, 0.1) is 0 Å². The van der Waals surface area contributed by atoms with Gasteiger partial charge in [0.15, 0.2) is 5.84 Å². The van der Waals surface area contributed by atoms with E-state index < -0.39 is 0 Å². The summed E-state index contributed by atoms with van der Waals surface area (Å²) in [5.41, 5.74) is 6.05. The van der Waals surface area contributed by atoms with Gasteiger partial charge < -0.3 is 15.7 Å². The smallest absolute Gasteiger partial charge is 0.213 e. The number of amidine groups is 1. The van der Waals surface area contributed by atoms with E-state index in [4.69, 9.17) is 15.7 Å². The Morgan fingerprint density at radius 2 is 2.33 bits per heavy atom. The second-order valence-corrected chi connectivity index (χ2v) is 4.88. The molecular weight excluding hydrogens is 230 g/mol. The molecule has 1 heterocycles. The molecule has 1 aliphatic carbocycles. The molecule has 1 fully saturated rings. The van der Waals surface area contributed by atoms with Crippen molar-refractivity contribution in [2.75, 3.05) is 0 Å². The van der Waals surface area contributed by atoms with E-state index in [-0.39, 0.29) is 11.9 Å². The van der Waals surface area contributed by atoms with Crippen molar-refractivity contribution < 1.29 is 9.94 Å². The maximum absolute atomic E-state index is 8.55. The maximum atomic E-state index is 8.55. The van der Waals surface area contributed by atoms with Gasteiger partial charge in [-0.05, 0) is 31.2 Å². The molecule has 1 aromatic rings. The molecular formula is C13H19N3O2. The monoisotopic (exact) mass is 249 g/mol. The Kier molecular flexibility index (Phi) is 4.02. The van der Waals surface area contributed by atoms with Crippen LogP contribution in [-0.4, -0.2) is 22.1 Å². The number of nitrogens with zero attached hydrogens (tertiary/aromatic N) is 2. The average molecular weight is 249 g/mol. The molecule has 5 nitrogen and oxygen atoms in total. The van der Waals surface area contributed by atoms with Gasteiger partial charge >= 0.3 is 0 Å². The summed E-state index contributed by atoms with van der Waals surface area (Å²) in [6, 6.07) is 3.50. The lowest BCUT2D eigenvalue weighted by Gasteiger charge is -2.26. The predicted molar refractivity (Wildman–Crippen MR) is 68.8 cm³/mol. The largest absolute Gasteiger partial charge is 0.474 e. The van der Waals surface area contributed by atoms with Crippen LogP contribution in [0.5, 0.6) is 5.88 Å². The maximum Gasteiger partial charge on any atom is 0.213 e. The van der Waals surface area contributed by atoms with Crippen molar-refractivity contribution in [2.45, 2.75) is 38.7 Å². The highest BCUT2D eigenvalue weighted by atomic mass is 16.5. The molecule has 0 spiro atoms. The highest BCUT2D eigenvalue weighted by Gasteiger charge is 2.20. The molecule has 0 aromatic carbocycles. The number of oxime groups is 1. The molecule has 0 radical (unpaired) electrons. The summed E-state index contributed by atoms with van der Waals surface area (Å²) < 4.78 is 5.84. The van der Waals surface area contributed by atoms with Crippen molar-refractivity contribution in [3.05, 3.63) is 23.9 Å². The molecule has 0 bridgehead atoms. The molecule has 1 aliphatic rings. The number of pyridine rings is 1. The third-order valence-electron chi connectivity index (χ3n) is 3.32. The van der Waals surface area contributed by atoms with Crippen LogP contribution in [0, 0.1) is 5.92 Å². The van der Waals surface area contributed by atoms with E-state index >= 15 is 0 Å². The van der Waals surface area contributed by atoms with Gasteiger partial charge in [0.1, 0.15) is 6.10 Å². The number of ether oxygens (including phenoxy) is 1. The number of aromatic nitrogens is 1. The lowest BCUT2D eigenvalue weighted by molar-refractivity contribution is 0.124. The van der Waals surface area contributed by atoms with Crippen LogP contribution in [-0.2, 0) is 0 Å². The first kappa shape index (κ1) is 12.7. The Morgan fingerprint density at radius 3 is 2.94 bits per heavy atom. The Labute approximate surface area is 107 Å². The van der Waals surface area contributed by atoms with E-state index in [1.54, 1.807) is 18.3 Å². The van der Waals surface area contributed by atoms with E-state index in [0.29, 0.717) is 11.4 Å². The van der Waals surface area contributed by atoms with E-state index in [0.717, 1.165) is 18.8 Å². The lowest BCUT2D eigenvalue weighted by atomic mass is 9.89. The van der Waals surface area contributed by atoms with E-state index in [1.807, 2.05) is 0 Å². The highest BCUT2D eigenvalue weighted by molar-refractivity contribution is 5.96. The van der Waals surface area contributed by atoms with Crippen molar-refractivity contribution in [1.29, 1.82) is 0 Å². The van der Waals surface area contributed by atoms with Crippen LogP contribution >= 0.6 is 0 Å². The molecule has 2 atom stereocenters. The Balaban J connectivity index is 1.97. The topological polar surface area (TPSA) is 80.7 Å². The first-order valence-electron chi connectivity index (χ1n) is 6.29. The minimum atomic E-state index is 0.0559. The van der Waals surface area contributed by atoms with Crippen LogP contribution in [0.2, 0.25) is 0 Å². The molecule has 2 rings (SSSR count). The summed E-state index contributed by atoms with van der Waals surface area (Å²) in [6.45, 7) is 2.25. The standard InChI is InChI=1S/C13H19N3O2/c1-9-3-2-4-11(7-9)18-12-6-5-10(8-15-12)13(14)16-17/h5-6,8-9,11,17H,2-4,7H2,1H3,(H2,14,16). The molecule has 5 heteroatoms. The third-order valence-corrected chi connectivity index (χ3v) is 3.32. The highest BCUT2D eigenvalue weighted by Crippen LogP contribution is 2.26. The van der Waals surface area contributed by atoms with Gasteiger partial charge in [0, 0.05) is 17.8 Å². The van der Waals surface area contributed by atoms with Gasteiger partial charge in [0.2, 0.25) is 5.88 Å². The fourth-order valence-corrected chi connectivity index (χ4v) is 2.32. The molecule has 1 saturated carbocycles. The average Bonchev–Trinajstić information content (AvgIpc) is 2.39. The fourth-order valence-electron chi connectivity index (χ4n) is 2.32. The van der Waals surface area contributed by atoms with Crippen LogP contribution in [0.4, 0.5) is 0 Å². The number of hydrogen-bond acceptors (Lipinski definition) is 4. The van der Waals surface area contributed by atoms with Crippen LogP contribution < -0.4 is 10.5 Å². The van der Waals surface area contributed by atoms with Crippen LogP contribution in [0.15, 0.2) is 23.5 Å². The zero-order valence-electron chi connectivity index (χ0n) is 10.5. The molecule has 0 saturated heterocycles. The Bertz CT molecular complexity index is 417. The molecule has 18 heavy (non-hydrogen) atoms. The minimum absolute atomic E-state index is 0.0559. The zero-order chi connectivity index (χ0) is 13.0. The van der Waals surface area contributed by atoms with Crippen molar-refractivity contribution in [3.63, 3.8) is 0 Å². The van der Waals surface area contributed by atoms with E-state index in [2.05, 4.69) is 17.1 Å². The number of hydrogen-bond donors (Lipinski definition) is 2. The Hall–Kier alpha value is -1.78. The molecule has 1 aromatic heterocycles. The normalized spacial score (nSPS) is 24.8. The minimum Gasteiger partial charge on any atom is -0.474 e. The summed E-state index contributed by atoms with van der Waals surface area (Å²) in [5, 5.41) is 11.5. The molecule has 3 N–H and O–H groups in total. The van der Waals surface area contributed by atoms with Gasteiger partial charge in [-0.3, -0.25) is 0 Å². The molecule has 0 aliphatic heterocycles. The van der Waals surface area contributed by atoms with Crippen LogP contribution in [0.1, 0.15) is 38.2 Å². The van der Waals surface area contributed by atoms with Crippen molar-refractivity contribution in [3.8, 4) is 5.88 Å². The SMILES string of the molecule is CC1CCCC(Oc2ccc(/C(N)=N/O)cn2)C1. The second kappa shape index (κ2) is 5.71. The van der Waals surface area contributed by atoms with Gasteiger partial charge in [-0.25, -0.2) is 4.98 Å². The van der Waals surface area contributed by atoms with Crippen LogP contribution in [0.25, 0.3) is 0 Å². The molecule has 2 unspecified atom stereocenters. The summed E-state index contributed by atoms with van der Waals surface area (Å²) in [7, 11) is 0. The van der Waals surface area contributed by atoms with Gasteiger partial charge in [0.25, 0.3) is 0 Å². The Morgan fingerprint density at radius 1 is 1.50 bits per heavy atom. The van der Waals surface area contributed by atoms with E-state index in [9.17, 15) is 0 Å². The fraction of sp³-hybridized carbons (Fsp3) is 0.538. The second-order valence-electron chi connectivity index (χ2n) is 4.88. The van der Waals surface area contributed by atoms with Crippen molar-refractivity contribution in [1.82, 2.24) is 4.98 Å². The van der Waals surface area contributed by atoms with Gasteiger partial charge in [-0.2, -0.15) is 0 Å². The quantitative estimate of drug-likeness (QED) is 0.372. The summed E-state index contributed by atoms with van der Waals surface area (Å²) in [5.74, 6) is 1.38. The summed E-state index contributed by atoms with van der Waals surface area (Å²) >= 11 is 0. The third kappa shape index (κ3) is 3.12.